The zero-order valence-electron chi connectivity index (χ0n) is 22.0. The van der Waals surface area contributed by atoms with E-state index in [1.54, 1.807) is 13.3 Å². The van der Waals surface area contributed by atoms with E-state index < -0.39 is 0 Å². The summed E-state index contributed by atoms with van der Waals surface area (Å²) in [4.78, 5) is 18.4. The molecule has 4 aromatic carbocycles. The monoisotopic (exact) mass is 517 g/mol. The lowest BCUT2D eigenvalue weighted by Crippen LogP contribution is -2.25. The average molecular weight is 518 g/mol. The van der Waals surface area contributed by atoms with Gasteiger partial charge in [0, 0.05) is 5.92 Å². The molecule has 5 aromatic rings. The van der Waals surface area contributed by atoms with Crippen LogP contribution < -0.4 is 15.0 Å². The number of nitrogens with zero attached hydrogens (tertiary/aromatic N) is 3. The summed E-state index contributed by atoms with van der Waals surface area (Å²) in [5.74, 6) is 2.23. The van der Waals surface area contributed by atoms with Crippen molar-refractivity contribution in [3.05, 3.63) is 112 Å². The molecule has 6 nitrogen and oxygen atoms in total. The van der Waals surface area contributed by atoms with Gasteiger partial charge in [0.05, 0.1) is 24.2 Å². The molecule has 0 radical (unpaired) electrons. The van der Waals surface area contributed by atoms with Crippen LogP contribution in [0, 0.1) is 0 Å². The maximum absolute atomic E-state index is 13.5. The second-order valence-corrected chi connectivity index (χ2v) is 10.0. The molecule has 1 aliphatic carbocycles. The van der Waals surface area contributed by atoms with Gasteiger partial charge in [-0.05, 0) is 65.1 Å². The summed E-state index contributed by atoms with van der Waals surface area (Å²) in [5, 5.41) is 7.58. The highest BCUT2D eigenvalue weighted by Crippen LogP contribution is 2.32. The maximum atomic E-state index is 13.5. The quantitative estimate of drug-likeness (QED) is 0.217. The van der Waals surface area contributed by atoms with Crippen LogP contribution in [0.1, 0.15) is 55.0 Å². The smallest absolute Gasteiger partial charge is 0.282 e. The second kappa shape index (κ2) is 11.1. The van der Waals surface area contributed by atoms with Gasteiger partial charge >= 0.3 is 0 Å². The van der Waals surface area contributed by atoms with E-state index in [1.807, 2.05) is 60.7 Å². The zero-order valence-corrected chi connectivity index (χ0v) is 22.0. The van der Waals surface area contributed by atoms with Crippen molar-refractivity contribution >= 4 is 27.9 Å². The zero-order chi connectivity index (χ0) is 26.6. The minimum absolute atomic E-state index is 0.139. The summed E-state index contributed by atoms with van der Waals surface area (Å²) in [6.07, 6.45) is 7.27. The molecule has 0 atom stereocenters. The molecule has 0 saturated heterocycles. The highest BCUT2D eigenvalue weighted by Gasteiger charge is 2.22. The third-order valence-electron chi connectivity index (χ3n) is 7.52. The molecular formula is C33H31N3O3. The van der Waals surface area contributed by atoms with E-state index in [0.717, 1.165) is 48.2 Å². The van der Waals surface area contributed by atoms with Gasteiger partial charge in [-0.2, -0.15) is 9.78 Å². The van der Waals surface area contributed by atoms with Gasteiger partial charge in [-0.3, -0.25) is 4.79 Å². The molecule has 0 bridgehead atoms. The van der Waals surface area contributed by atoms with Crippen molar-refractivity contribution in [1.29, 1.82) is 0 Å². The Morgan fingerprint density at radius 2 is 1.67 bits per heavy atom. The number of para-hydroxylation sites is 1. The van der Waals surface area contributed by atoms with Crippen LogP contribution in [0.5, 0.6) is 11.5 Å². The molecule has 1 heterocycles. The van der Waals surface area contributed by atoms with Crippen LogP contribution in [0.2, 0.25) is 0 Å². The topological polar surface area (TPSA) is 65.7 Å². The fourth-order valence-corrected chi connectivity index (χ4v) is 5.46. The van der Waals surface area contributed by atoms with Gasteiger partial charge in [-0.15, -0.1) is 0 Å². The van der Waals surface area contributed by atoms with Crippen LogP contribution in [0.4, 0.5) is 0 Å². The third kappa shape index (κ3) is 5.15. The highest BCUT2D eigenvalue weighted by atomic mass is 16.5. The minimum Gasteiger partial charge on any atom is -0.493 e. The summed E-state index contributed by atoms with van der Waals surface area (Å²) < 4.78 is 13.3. The number of methoxy groups -OCH3 is 1. The molecule has 0 spiro atoms. The number of fused-ring (bicyclic) bond motifs is 2. The normalized spacial score (nSPS) is 14.3. The van der Waals surface area contributed by atoms with E-state index in [2.05, 4.69) is 29.4 Å². The predicted molar refractivity (Wildman–Crippen MR) is 156 cm³/mol. The lowest BCUT2D eigenvalue weighted by Gasteiger charge is -2.22. The molecule has 1 aliphatic rings. The van der Waals surface area contributed by atoms with Crippen molar-refractivity contribution in [3.8, 4) is 11.5 Å². The van der Waals surface area contributed by atoms with E-state index in [9.17, 15) is 4.79 Å². The minimum atomic E-state index is -0.139. The van der Waals surface area contributed by atoms with Crippen LogP contribution in [-0.4, -0.2) is 23.0 Å². The summed E-state index contributed by atoms with van der Waals surface area (Å²) in [6, 6.07) is 27.7. The molecule has 0 aliphatic heterocycles. The Morgan fingerprint density at radius 1 is 0.897 bits per heavy atom. The van der Waals surface area contributed by atoms with Crippen molar-refractivity contribution in [1.82, 2.24) is 9.66 Å². The van der Waals surface area contributed by atoms with Gasteiger partial charge in [0.15, 0.2) is 11.5 Å². The number of benzene rings is 4. The highest BCUT2D eigenvalue weighted by molar-refractivity contribution is 5.85. The standard InChI is InChI=1S/C33H31N3O3/c1-38-31-20-23(18-19-30(31)39-22-26-14-9-13-24-10-5-6-15-27(24)26)21-34-36-32(25-11-3-2-4-12-25)35-29-17-8-7-16-28(29)33(36)37/h5-10,13-21,25H,2-4,11-12,22H2,1H3. The molecule has 1 saturated carbocycles. The number of hydrogen-bond donors (Lipinski definition) is 0. The largest absolute Gasteiger partial charge is 0.493 e. The number of aromatic nitrogens is 2. The number of hydrogen-bond acceptors (Lipinski definition) is 5. The van der Waals surface area contributed by atoms with Crippen LogP contribution in [-0.2, 0) is 6.61 Å². The number of rotatable bonds is 7. The first-order chi connectivity index (χ1) is 19.2. The summed E-state index contributed by atoms with van der Waals surface area (Å²) in [6.45, 7) is 0.425. The summed E-state index contributed by atoms with van der Waals surface area (Å²) in [7, 11) is 1.62. The molecular weight excluding hydrogens is 486 g/mol. The fraction of sp³-hybridized carbons (Fsp3) is 0.242. The van der Waals surface area contributed by atoms with E-state index in [0.29, 0.717) is 23.5 Å². The van der Waals surface area contributed by atoms with Gasteiger partial charge in [0.25, 0.3) is 5.56 Å². The van der Waals surface area contributed by atoms with E-state index in [1.165, 1.54) is 21.9 Å². The van der Waals surface area contributed by atoms with Crippen LogP contribution >= 0.6 is 0 Å². The molecule has 0 N–H and O–H groups in total. The first-order valence-electron chi connectivity index (χ1n) is 13.5. The molecule has 39 heavy (non-hydrogen) atoms. The van der Waals surface area contributed by atoms with E-state index in [-0.39, 0.29) is 11.5 Å². The Morgan fingerprint density at radius 3 is 2.51 bits per heavy atom. The fourth-order valence-electron chi connectivity index (χ4n) is 5.46. The Kier molecular flexibility index (Phi) is 7.09. The molecule has 1 fully saturated rings. The first kappa shape index (κ1) is 24.9. The molecule has 6 rings (SSSR count). The van der Waals surface area contributed by atoms with Crippen molar-refractivity contribution in [2.45, 2.75) is 44.6 Å². The van der Waals surface area contributed by atoms with Gasteiger partial charge < -0.3 is 9.47 Å². The number of ether oxygens (including phenoxy) is 2. The Bertz CT molecular complexity index is 1710. The SMILES string of the molecule is COc1cc(C=Nn2c(C3CCCCC3)nc3ccccc3c2=O)ccc1OCc1cccc2ccccc12. The first-order valence-corrected chi connectivity index (χ1v) is 13.5. The van der Waals surface area contributed by atoms with Gasteiger partial charge in [0.1, 0.15) is 12.4 Å². The lowest BCUT2D eigenvalue weighted by atomic mass is 9.88. The Labute approximate surface area is 227 Å². The van der Waals surface area contributed by atoms with Gasteiger partial charge in [-0.1, -0.05) is 73.9 Å². The summed E-state index contributed by atoms with van der Waals surface area (Å²) >= 11 is 0. The molecule has 0 amide bonds. The lowest BCUT2D eigenvalue weighted by molar-refractivity contribution is 0.285. The van der Waals surface area contributed by atoms with Gasteiger partial charge in [0.2, 0.25) is 0 Å². The van der Waals surface area contributed by atoms with Crippen molar-refractivity contribution in [3.63, 3.8) is 0 Å². The van der Waals surface area contributed by atoms with E-state index >= 15 is 0 Å². The Balaban J connectivity index is 1.29. The average Bonchev–Trinajstić information content (AvgIpc) is 3.00. The van der Waals surface area contributed by atoms with Crippen molar-refractivity contribution in [2.75, 3.05) is 7.11 Å². The molecule has 0 unspecified atom stereocenters. The summed E-state index contributed by atoms with van der Waals surface area (Å²) in [5.41, 5.74) is 2.50. The van der Waals surface area contributed by atoms with Crippen LogP contribution in [0.3, 0.4) is 0 Å². The molecule has 196 valence electrons. The maximum Gasteiger partial charge on any atom is 0.282 e. The Hall–Kier alpha value is -4.45. The van der Waals surface area contributed by atoms with Crippen LogP contribution in [0.15, 0.2) is 94.8 Å². The van der Waals surface area contributed by atoms with E-state index in [4.69, 9.17) is 14.5 Å². The third-order valence-corrected chi connectivity index (χ3v) is 7.52. The van der Waals surface area contributed by atoms with Crippen LogP contribution in [0.25, 0.3) is 21.7 Å². The second-order valence-electron chi connectivity index (χ2n) is 10.0. The van der Waals surface area contributed by atoms with Crippen molar-refractivity contribution < 1.29 is 9.47 Å². The molecule has 6 heteroatoms. The van der Waals surface area contributed by atoms with Crippen molar-refractivity contribution in [2.24, 2.45) is 5.10 Å². The molecule has 1 aromatic heterocycles. The predicted octanol–water partition coefficient (Wildman–Crippen LogP) is 7.07. The van der Waals surface area contributed by atoms with Gasteiger partial charge in [-0.25, -0.2) is 4.98 Å².